The third-order valence-electron chi connectivity index (χ3n) is 4.88. The molecule has 0 unspecified atom stereocenters. The summed E-state index contributed by atoms with van der Waals surface area (Å²) in [5.41, 5.74) is 1.54. The number of piperidine rings is 1. The second-order valence-corrected chi connectivity index (χ2v) is 7.50. The summed E-state index contributed by atoms with van der Waals surface area (Å²) in [4.78, 5) is 18.8. The van der Waals surface area contributed by atoms with Crippen molar-refractivity contribution >= 4 is 23.3 Å². The topological polar surface area (TPSA) is 63.7 Å². The number of hydrogen-bond donors (Lipinski definition) is 1. The van der Waals surface area contributed by atoms with Gasteiger partial charge in [-0.25, -0.2) is 4.98 Å². The Bertz CT molecular complexity index is 838. The molecule has 0 atom stereocenters. The summed E-state index contributed by atoms with van der Waals surface area (Å²) in [5, 5.41) is 3.66. The highest BCUT2D eigenvalue weighted by molar-refractivity contribution is 6.33. The molecule has 0 spiro atoms. The van der Waals surface area contributed by atoms with Crippen LogP contribution < -0.4 is 14.8 Å². The molecule has 1 amide bonds. The van der Waals surface area contributed by atoms with E-state index in [1.54, 1.807) is 19.4 Å². The van der Waals surface area contributed by atoms with Gasteiger partial charge in [0, 0.05) is 25.8 Å². The summed E-state index contributed by atoms with van der Waals surface area (Å²) in [6.07, 6.45) is 5.82. The van der Waals surface area contributed by atoms with E-state index in [1.807, 2.05) is 23.1 Å². The van der Waals surface area contributed by atoms with Crippen molar-refractivity contribution in [2.45, 2.75) is 39.2 Å². The van der Waals surface area contributed by atoms with Crippen molar-refractivity contribution in [1.82, 2.24) is 9.88 Å². The zero-order valence-corrected chi connectivity index (χ0v) is 17.8. The molecular weight excluding hydrogens is 390 g/mol. The van der Waals surface area contributed by atoms with Gasteiger partial charge in [-0.15, -0.1) is 0 Å². The third kappa shape index (κ3) is 5.54. The Balaban J connectivity index is 1.64. The first-order valence-electron chi connectivity index (χ1n) is 10.1. The lowest BCUT2D eigenvalue weighted by Gasteiger charge is -2.26. The van der Waals surface area contributed by atoms with E-state index in [1.165, 1.54) is 6.42 Å². The quantitative estimate of drug-likeness (QED) is 0.670. The number of nitrogens with one attached hydrogen (secondary N) is 1. The van der Waals surface area contributed by atoms with Crippen molar-refractivity contribution in [2.75, 3.05) is 32.1 Å². The van der Waals surface area contributed by atoms with E-state index in [4.69, 9.17) is 21.1 Å². The minimum absolute atomic E-state index is 0.00180. The maximum atomic E-state index is 12.6. The van der Waals surface area contributed by atoms with Gasteiger partial charge < -0.3 is 19.7 Å². The molecule has 0 radical (unpaired) electrons. The van der Waals surface area contributed by atoms with Crippen LogP contribution in [0.4, 0.5) is 5.82 Å². The van der Waals surface area contributed by atoms with Crippen molar-refractivity contribution in [3.05, 3.63) is 46.6 Å². The molecule has 1 N–H and O–H groups in total. The largest absolute Gasteiger partial charge is 0.493 e. The number of carbonyl (C=O) groups is 1. The molecule has 0 saturated carbocycles. The van der Waals surface area contributed by atoms with Gasteiger partial charge in [-0.1, -0.05) is 24.6 Å². The van der Waals surface area contributed by atoms with E-state index in [2.05, 4.69) is 17.2 Å². The monoisotopic (exact) mass is 417 g/mol. The van der Waals surface area contributed by atoms with Crippen LogP contribution in [0.15, 0.2) is 30.5 Å². The van der Waals surface area contributed by atoms with Crippen molar-refractivity contribution in [1.29, 1.82) is 0 Å². The second-order valence-electron chi connectivity index (χ2n) is 7.09. The minimum atomic E-state index is -0.00180. The van der Waals surface area contributed by atoms with Gasteiger partial charge in [-0.05, 0) is 49.4 Å². The molecule has 1 aliphatic rings. The minimum Gasteiger partial charge on any atom is -0.493 e. The second kappa shape index (κ2) is 10.3. The van der Waals surface area contributed by atoms with Crippen LogP contribution in [-0.2, 0) is 6.54 Å². The molecule has 0 aliphatic carbocycles. The molecule has 29 heavy (non-hydrogen) atoms. The Morgan fingerprint density at radius 3 is 2.69 bits per heavy atom. The number of nitrogens with zero attached hydrogens (tertiary/aromatic N) is 2. The molecule has 1 saturated heterocycles. The Morgan fingerprint density at radius 1 is 1.21 bits per heavy atom. The van der Waals surface area contributed by atoms with Gasteiger partial charge in [0.05, 0.1) is 24.3 Å². The number of rotatable bonds is 8. The van der Waals surface area contributed by atoms with Crippen molar-refractivity contribution in [2.24, 2.45) is 0 Å². The van der Waals surface area contributed by atoms with Crippen LogP contribution in [0.25, 0.3) is 0 Å². The summed E-state index contributed by atoms with van der Waals surface area (Å²) in [7, 11) is 1.63. The van der Waals surface area contributed by atoms with E-state index >= 15 is 0 Å². The van der Waals surface area contributed by atoms with Gasteiger partial charge in [0.1, 0.15) is 5.82 Å². The highest BCUT2D eigenvalue weighted by Gasteiger charge is 2.19. The van der Waals surface area contributed by atoms with Gasteiger partial charge in [0.15, 0.2) is 11.5 Å². The maximum Gasteiger partial charge on any atom is 0.255 e. The standard InChI is InChI=1S/C22H28ClN3O3/c1-3-11-29-19-8-7-16(12-20(19)28-2)14-24-21-18(23)13-17(15-25-21)22(27)26-9-5-4-6-10-26/h7-8,12-13,15H,3-6,9-11,14H2,1-2H3,(H,24,25). The Kier molecular flexibility index (Phi) is 7.58. The summed E-state index contributed by atoms with van der Waals surface area (Å²) < 4.78 is 11.1. The summed E-state index contributed by atoms with van der Waals surface area (Å²) in [6.45, 7) is 4.84. The number of likely N-dealkylation sites (tertiary alicyclic amines) is 1. The Labute approximate surface area is 177 Å². The van der Waals surface area contributed by atoms with E-state index in [0.29, 0.717) is 35.3 Å². The first-order chi connectivity index (χ1) is 14.1. The molecule has 0 bridgehead atoms. The number of halogens is 1. The average molecular weight is 418 g/mol. The fraction of sp³-hybridized carbons (Fsp3) is 0.455. The SMILES string of the molecule is CCCOc1ccc(CNc2ncc(C(=O)N3CCCCC3)cc2Cl)cc1OC. The molecule has 2 aromatic rings. The Morgan fingerprint density at radius 2 is 2.00 bits per heavy atom. The molecule has 6 nitrogen and oxygen atoms in total. The lowest BCUT2D eigenvalue weighted by molar-refractivity contribution is 0.0724. The molecule has 7 heteroatoms. The van der Waals surface area contributed by atoms with Gasteiger partial charge in [0.25, 0.3) is 5.91 Å². The van der Waals surface area contributed by atoms with Crippen LogP contribution in [0, 0.1) is 0 Å². The molecule has 1 aromatic carbocycles. The van der Waals surface area contributed by atoms with Crippen molar-refractivity contribution in [3.63, 3.8) is 0 Å². The van der Waals surface area contributed by atoms with E-state index in [9.17, 15) is 4.79 Å². The third-order valence-corrected chi connectivity index (χ3v) is 5.17. The molecule has 1 aromatic heterocycles. The number of carbonyl (C=O) groups excluding carboxylic acids is 1. The molecule has 1 aliphatic heterocycles. The molecule has 156 valence electrons. The first kappa shape index (κ1) is 21.2. The smallest absolute Gasteiger partial charge is 0.255 e. The number of amides is 1. The number of benzene rings is 1. The van der Waals surface area contributed by atoms with E-state index in [-0.39, 0.29) is 5.91 Å². The number of hydrogen-bond acceptors (Lipinski definition) is 5. The normalized spacial score (nSPS) is 13.8. The number of aromatic nitrogens is 1. The molecular formula is C22H28ClN3O3. The van der Waals surface area contributed by atoms with Gasteiger partial charge in [-0.2, -0.15) is 0 Å². The average Bonchev–Trinajstić information content (AvgIpc) is 2.77. The fourth-order valence-corrected chi connectivity index (χ4v) is 3.54. The van der Waals surface area contributed by atoms with Crippen LogP contribution in [-0.4, -0.2) is 42.6 Å². The van der Waals surface area contributed by atoms with Crippen LogP contribution in [0.5, 0.6) is 11.5 Å². The lowest BCUT2D eigenvalue weighted by Crippen LogP contribution is -2.35. The lowest BCUT2D eigenvalue weighted by atomic mass is 10.1. The predicted octanol–water partition coefficient (Wildman–Crippen LogP) is 4.77. The predicted molar refractivity (Wildman–Crippen MR) is 115 cm³/mol. The number of ether oxygens (including phenoxy) is 2. The fourth-order valence-electron chi connectivity index (χ4n) is 3.30. The number of anilines is 1. The van der Waals surface area contributed by atoms with Crippen molar-refractivity contribution in [3.8, 4) is 11.5 Å². The Hall–Kier alpha value is -2.47. The van der Waals surface area contributed by atoms with Crippen LogP contribution >= 0.6 is 11.6 Å². The highest BCUT2D eigenvalue weighted by Crippen LogP contribution is 2.29. The van der Waals surface area contributed by atoms with E-state index < -0.39 is 0 Å². The number of methoxy groups -OCH3 is 1. The maximum absolute atomic E-state index is 12.6. The van der Waals surface area contributed by atoms with Gasteiger partial charge >= 0.3 is 0 Å². The molecule has 1 fully saturated rings. The zero-order chi connectivity index (χ0) is 20.6. The summed E-state index contributed by atoms with van der Waals surface area (Å²) >= 11 is 6.38. The van der Waals surface area contributed by atoms with Gasteiger partial charge in [-0.3, -0.25) is 4.79 Å². The summed E-state index contributed by atoms with van der Waals surface area (Å²) in [6, 6.07) is 7.50. The molecule has 3 rings (SSSR count). The number of pyridine rings is 1. The van der Waals surface area contributed by atoms with Crippen LogP contribution in [0.3, 0.4) is 0 Å². The highest BCUT2D eigenvalue weighted by atomic mass is 35.5. The van der Waals surface area contributed by atoms with Crippen LogP contribution in [0.2, 0.25) is 5.02 Å². The summed E-state index contributed by atoms with van der Waals surface area (Å²) in [5.74, 6) is 1.97. The molecule has 2 heterocycles. The van der Waals surface area contributed by atoms with E-state index in [0.717, 1.165) is 43.7 Å². The van der Waals surface area contributed by atoms with Crippen LogP contribution in [0.1, 0.15) is 48.5 Å². The first-order valence-corrected chi connectivity index (χ1v) is 10.5. The van der Waals surface area contributed by atoms with Gasteiger partial charge in [0.2, 0.25) is 0 Å². The zero-order valence-electron chi connectivity index (χ0n) is 17.0. The van der Waals surface area contributed by atoms with Crippen molar-refractivity contribution < 1.29 is 14.3 Å².